The van der Waals surface area contributed by atoms with E-state index in [-0.39, 0.29) is 16.3 Å². The highest BCUT2D eigenvalue weighted by Crippen LogP contribution is 2.25. The second kappa shape index (κ2) is 4.32. The number of carboxylic acid groups (broad SMARTS) is 1. The largest absolute Gasteiger partial charge is 0.707 e. The SMILES string of the molecule is O=C(O)c1ccc(OB(O)O)c(Cl)c1. The highest BCUT2D eigenvalue weighted by molar-refractivity contribution is 6.36. The molecule has 0 bridgehead atoms. The summed E-state index contributed by atoms with van der Waals surface area (Å²) in [5.41, 5.74) is -0.00483. The van der Waals surface area contributed by atoms with Gasteiger partial charge < -0.3 is 19.8 Å². The molecule has 0 saturated carbocycles. The molecule has 0 atom stereocenters. The summed E-state index contributed by atoms with van der Waals surface area (Å²) in [5.74, 6) is -1.12. The van der Waals surface area contributed by atoms with Crippen molar-refractivity contribution in [2.45, 2.75) is 0 Å². The molecule has 0 aromatic heterocycles. The van der Waals surface area contributed by atoms with E-state index in [1.807, 2.05) is 0 Å². The smallest absolute Gasteiger partial charge is 0.511 e. The van der Waals surface area contributed by atoms with E-state index in [9.17, 15) is 4.79 Å². The Morgan fingerprint density at radius 1 is 1.43 bits per heavy atom. The number of carboxylic acids is 1. The zero-order valence-corrected chi connectivity index (χ0v) is 7.60. The number of hydrogen-bond donors (Lipinski definition) is 3. The summed E-state index contributed by atoms with van der Waals surface area (Å²) in [6.45, 7) is 0. The number of hydrogen-bond acceptors (Lipinski definition) is 4. The summed E-state index contributed by atoms with van der Waals surface area (Å²) in [5, 5.41) is 25.5. The molecule has 0 saturated heterocycles. The summed E-state index contributed by atoms with van der Waals surface area (Å²) >= 11 is 5.61. The van der Waals surface area contributed by atoms with Gasteiger partial charge in [0.05, 0.1) is 10.6 Å². The van der Waals surface area contributed by atoms with Gasteiger partial charge in [0.25, 0.3) is 0 Å². The molecular formula is C7H6BClO5. The van der Waals surface area contributed by atoms with Gasteiger partial charge in [-0.1, -0.05) is 11.6 Å². The molecule has 1 aromatic carbocycles. The number of aromatic carboxylic acids is 1. The third-order valence-corrected chi connectivity index (χ3v) is 1.71. The molecule has 0 aliphatic heterocycles. The normalized spacial score (nSPS) is 9.64. The van der Waals surface area contributed by atoms with Crippen molar-refractivity contribution in [2.75, 3.05) is 0 Å². The minimum absolute atomic E-state index is 0.00185. The van der Waals surface area contributed by atoms with E-state index in [0.29, 0.717) is 0 Å². The van der Waals surface area contributed by atoms with E-state index in [2.05, 4.69) is 4.65 Å². The Labute approximate surface area is 84.7 Å². The van der Waals surface area contributed by atoms with Crippen LogP contribution in [0.5, 0.6) is 5.75 Å². The molecule has 14 heavy (non-hydrogen) atoms. The zero-order valence-electron chi connectivity index (χ0n) is 6.85. The Kier molecular flexibility index (Phi) is 3.35. The minimum Gasteiger partial charge on any atom is -0.511 e. The molecule has 1 aromatic rings. The first-order chi connectivity index (χ1) is 6.50. The lowest BCUT2D eigenvalue weighted by molar-refractivity contribution is 0.0697. The predicted molar refractivity (Wildman–Crippen MR) is 49.2 cm³/mol. The van der Waals surface area contributed by atoms with Crippen molar-refractivity contribution < 1.29 is 24.6 Å². The maximum atomic E-state index is 10.5. The van der Waals surface area contributed by atoms with Gasteiger partial charge in [-0.3, -0.25) is 0 Å². The van der Waals surface area contributed by atoms with Gasteiger partial charge in [0, 0.05) is 0 Å². The number of benzene rings is 1. The second-order valence-electron chi connectivity index (χ2n) is 2.39. The average molecular weight is 216 g/mol. The molecule has 0 spiro atoms. The molecule has 0 radical (unpaired) electrons. The maximum absolute atomic E-state index is 10.5. The summed E-state index contributed by atoms with van der Waals surface area (Å²) < 4.78 is 4.47. The minimum atomic E-state index is -1.98. The van der Waals surface area contributed by atoms with E-state index < -0.39 is 13.3 Å². The van der Waals surface area contributed by atoms with Gasteiger partial charge in [0.15, 0.2) is 0 Å². The lowest BCUT2D eigenvalue weighted by Crippen LogP contribution is -2.20. The van der Waals surface area contributed by atoms with E-state index in [0.717, 1.165) is 6.07 Å². The first kappa shape index (κ1) is 10.8. The first-order valence-electron chi connectivity index (χ1n) is 3.56. The fraction of sp³-hybridized carbons (Fsp3) is 0. The van der Waals surface area contributed by atoms with Gasteiger partial charge in [0.1, 0.15) is 5.75 Å². The Morgan fingerprint density at radius 3 is 2.50 bits per heavy atom. The molecule has 0 amide bonds. The van der Waals surface area contributed by atoms with Crippen LogP contribution in [0.1, 0.15) is 10.4 Å². The van der Waals surface area contributed by atoms with Crippen molar-refractivity contribution in [3.05, 3.63) is 28.8 Å². The number of halogens is 1. The van der Waals surface area contributed by atoms with Crippen molar-refractivity contribution in [1.29, 1.82) is 0 Å². The monoisotopic (exact) mass is 216 g/mol. The topological polar surface area (TPSA) is 87.0 Å². The van der Waals surface area contributed by atoms with Crippen LogP contribution in [0.25, 0.3) is 0 Å². The molecule has 0 aliphatic carbocycles. The van der Waals surface area contributed by atoms with Gasteiger partial charge >= 0.3 is 13.3 Å². The van der Waals surface area contributed by atoms with Gasteiger partial charge in [-0.25, -0.2) is 4.79 Å². The van der Waals surface area contributed by atoms with Crippen molar-refractivity contribution in [1.82, 2.24) is 0 Å². The van der Waals surface area contributed by atoms with Crippen LogP contribution in [-0.4, -0.2) is 28.4 Å². The molecule has 0 heterocycles. The van der Waals surface area contributed by atoms with Crippen molar-refractivity contribution in [3.63, 3.8) is 0 Å². The molecule has 3 N–H and O–H groups in total. The molecular weight excluding hydrogens is 210 g/mol. The second-order valence-corrected chi connectivity index (χ2v) is 2.80. The van der Waals surface area contributed by atoms with Crippen molar-refractivity contribution in [3.8, 4) is 5.75 Å². The lowest BCUT2D eigenvalue weighted by Gasteiger charge is -2.06. The van der Waals surface area contributed by atoms with Crippen LogP contribution in [0.4, 0.5) is 0 Å². The third kappa shape index (κ3) is 2.63. The van der Waals surface area contributed by atoms with Crippen LogP contribution in [0.15, 0.2) is 18.2 Å². The van der Waals surface area contributed by atoms with Gasteiger partial charge in [-0.05, 0) is 18.2 Å². The summed E-state index contributed by atoms with van der Waals surface area (Å²) in [7, 11) is -1.98. The summed E-state index contributed by atoms with van der Waals surface area (Å²) in [6.07, 6.45) is 0. The molecule has 1 rings (SSSR count). The van der Waals surface area contributed by atoms with Crippen molar-refractivity contribution in [2.24, 2.45) is 0 Å². The third-order valence-electron chi connectivity index (χ3n) is 1.41. The fourth-order valence-corrected chi connectivity index (χ4v) is 1.07. The number of rotatable bonds is 3. The molecule has 0 unspecified atom stereocenters. The van der Waals surface area contributed by atoms with Crippen molar-refractivity contribution >= 4 is 24.9 Å². The summed E-state index contributed by atoms with van der Waals surface area (Å²) in [6, 6.07) is 3.64. The highest BCUT2D eigenvalue weighted by Gasteiger charge is 2.14. The molecule has 7 heteroatoms. The van der Waals surface area contributed by atoms with Crippen LogP contribution in [-0.2, 0) is 0 Å². The van der Waals surface area contributed by atoms with Crippen LogP contribution in [0, 0.1) is 0 Å². The van der Waals surface area contributed by atoms with Gasteiger partial charge in [0.2, 0.25) is 0 Å². The Balaban J connectivity index is 2.95. The van der Waals surface area contributed by atoms with Crippen LogP contribution in [0.3, 0.4) is 0 Å². The maximum Gasteiger partial charge on any atom is 0.707 e. The van der Waals surface area contributed by atoms with E-state index in [1.54, 1.807) is 0 Å². The quantitative estimate of drug-likeness (QED) is 0.636. The van der Waals surface area contributed by atoms with E-state index in [4.69, 9.17) is 26.8 Å². The Bertz CT molecular complexity index is 354. The van der Waals surface area contributed by atoms with Gasteiger partial charge in [-0.15, -0.1) is 0 Å². The fourth-order valence-electron chi connectivity index (χ4n) is 0.843. The van der Waals surface area contributed by atoms with Crippen LogP contribution >= 0.6 is 11.6 Å². The summed E-state index contributed by atoms with van der Waals surface area (Å²) in [4.78, 5) is 10.5. The predicted octanol–water partition coefficient (Wildman–Crippen LogP) is 0.386. The lowest BCUT2D eigenvalue weighted by atomic mass is 10.2. The molecule has 74 valence electrons. The number of carbonyl (C=O) groups is 1. The Hall–Kier alpha value is -1.24. The van der Waals surface area contributed by atoms with Crippen LogP contribution < -0.4 is 4.65 Å². The Morgan fingerprint density at radius 2 is 2.07 bits per heavy atom. The molecule has 0 fully saturated rings. The van der Waals surface area contributed by atoms with Gasteiger partial charge in [-0.2, -0.15) is 0 Å². The first-order valence-corrected chi connectivity index (χ1v) is 3.94. The van der Waals surface area contributed by atoms with E-state index >= 15 is 0 Å². The molecule has 0 aliphatic rings. The standard InChI is InChI=1S/C7H6BClO5/c9-5-3-4(7(10)11)1-2-6(5)14-8(12)13/h1-3,12-13H,(H,10,11). The highest BCUT2D eigenvalue weighted by atomic mass is 35.5. The zero-order chi connectivity index (χ0) is 10.7. The average Bonchev–Trinajstić information content (AvgIpc) is 2.07. The molecule has 5 nitrogen and oxygen atoms in total. The van der Waals surface area contributed by atoms with E-state index in [1.165, 1.54) is 12.1 Å². The van der Waals surface area contributed by atoms with Crippen LogP contribution in [0.2, 0.25) is 5.02 Å².